The molecule has 0 amide bonds. The monoisotopic (exact) mass is 375 g/mol. The number of hydrogen-bond donors (Lipinski definition) is 2. The molecule has 28 heavy (non-hydrogen) atoms. The van der Waals surface area contributed by atoms with Crippen LogP contribution in [0.15, 0.2) is 60.7 Å². The van der Waals surface area contributed by atoms with Gasteiger partial charge in [-0.15, -0.1) is 0 Å². The number of phenolic OH excluding ortho intramolecular Hbond substituents is 2. The van der Waals surface area contributed by atoms with Crippen LogP contribution in [0.25, 0.3) is 0 Å². The van der Waals surface area contributed by atoms with Crippen molar-refractivity contribution >= 4 is 5.69 Å². The number of phenols is 2. The van der Waals surface area contributed by atoms with E-state index in [0.29, 0.717) is 0 Å². The van der Waals surface area contributed by atoms with E-state index in [4.69, 9.17) is 0 Å². The molecule has 3 aromatic rings. The van der Waals surface area contributed by atoms with Gasteiger partial charge in [-0.1, -0.05) is 24.3 Å². The largest absolute Gasteiger partial charge is 0.508 e. The fraction of sp³-hybridized carbons (Fsp3) is 0.280. The maximum Gasteiger partial charge on any atom is 0.115 e. The molecule has 0 aliphatic carbocycles. The fourth-order valence-corrected chi connectivity index (χ4v) is 3.96. The molecule has 0 radical (unpaired) electrons. The maximum absolute atomic E-state index is 9.86. The van der Waals surface area contributed by atoms with Crippen molar-refractivity contribution in [2.24, 2.45) is 0 Å². The highest BCUT2D eigenvalue weighted by atomic mass is 16.3. The number of nitrogens with zero attached hydrogens (tertiary/aromatic N) is 1. The first kappa shape index (κ1) is 19.8. The van der Waals surface area contributed by atoms with Gasteiger partial charge in [0.2, 0.25) is 0 Å². The predicted octanol–water partition coefficient (Wildman–Crippen LogP) is 5.74. The van der Waals surface area contributed by atoms with E-state index >= 15 is 0 Å². The van der Waals surface area contributed by atoms with Crippen molar-refractivity contribution in [1.29, 1.82) is 0 Å². The van der Waals surface area contributed by atoms with Gasteiger partial charge < -0.3 is 15.1 Å². The van der Waals surface area contributed by atoms with Crippen molar-refractivity contribution in [2.45, 2.75) is 33.6 Å². The molecule has 3 heteroatoms. The van der Waals surface area contributed by atoms with Crippen LogP contribution in [0.3, 0.4) is 0 Å². The van der Waals surface area contributed by atoms with Gasteiger partial charge in [0.05, 0.1) is 0 Å². The second-order valence-corrected chi connectivity index (χ2v) is 7.28. The lowest BCUT2D eigenvalue weighted by Gasteiger charge is -2.25. The SMILES string of the molecule is CCN(CC)c1ccc(C(c2ccc(O)cc2C)c2ccc(O)cc2C)cc1. The van der Waals surface area contributed by atoms with Crippen molar-refractivity contribution < 1.29 is 10.2 Å². The third-order valence-corrected chi connectivity index (χ3v) is 5.48. The zero-order chi connectivity index (χ0) is 20.3. The predicted molar refractivity (Wildman–Crippen MR) is 117 cm³/mol. The van der Waals surface area contributed by atoms with Crippen molar-refractivity contribution in [1.82, 2.24) is 0 Å². The smallest absolute Gasteiger partial charge is 0.115 e. The van der Waals surface area contributed by atoms with E-state index in [9.17, 15) is 10.2 Å². The number of rotatable bonds is 6. The number of hydrogen-bond acceptors (Lipinski definition) is 3. The van der Waals surface area contributed by atoms with Gasteiger partial charge in [0.15, 0.2) is 0 Å². The number of aromatic hydroxyl groups is 2. The van der Waals surface area contributed by atoms with E-state index in [1.165, 1.54) is 11.3 Å². The quantitative estimate of drug-likeness (QED) is 0.540. The van der Waals surface area contributed by atoms with Gasteiger partial charge in [-0.2, -0.15) is 0 Å². The number of anilines is 1. The summed E-state index contributed by atoms with van der Waals surface area (Å²) in [5.41, 5.74) is 6.82. The molecule has 3 aromatic carbocycles. The molecule has 0 aliphatic rings. The standard InChI is InChI=1S/C25H29NO2/c1-5-26(6-2)20-9-7-19(8-10-20)25(23-13-11-21(27)15-17(23)3)24-14-12-22(28)16-18(24)4/h7-16,25,27-28H,5-6H2,1-4H3. The Morgan fingerprint density at radius 2 is 1.18 bits per heavy atom. The lowest BCUT2D eigenvalue weighted by Crippen LogP contribution is -2.21. The molecule has 2 N–H and O–H groups in total. The lowest BCUT2D eigenvalue weighted by molar-refractivity contribution is 0.474. The Balaban J connectivity index is 2.13. The summed E-state index contributed by atoms with van der Waals surface area (Å²) in [7, 11) is 0. The summed E-state index contributed by atoms with van der Waals surface area (Å²) in [6, 6.07) is 19.9. The van der Waals surface area contributed by atoms with Crippen LogP contribution in [-0.2, 0) is 0 Å². The van der Waals surface area contributed by atoms with Crippen LogP contribution in [0.4, 0.5) is 5.69 Å². The second kappa shape index (κ2) is 8.39. The average Bonchev–Trinajstić information content (AvgIpc) is 2.67. The van der Waals surface area contributed by atoms with Crippen molar-refractivity contribution in [3.05, 3.63) is 88.5 Å². The molecule has 0 atom stereocenters. The van der Waals surface area contributed by atoms with Crippen LogP contribution < -0.4 is 4.90 Å². The first-order valence-corrected chi connectivity index (χ1v) is 9.88. The topological polar surface area (TPSA) is 43.7 Å². The van der Waals surface area contributed by atoms with E-state index in [0.717, 1.165) is 35.3 Å². The molecule has 0 bridgehead atoms. The van der Waals surface area contributed by atoms with E-state index < -0.39 is 0 Å². The summed E-state index contributed by atoms with van der Waals surface area (Å²) in [5, 5.41) is 19.7. The van der Waals surface area contributed by atoms with Crippen molar-refractivity contribution in [3.63, 3.8) is 0 Å². The fourth-order valence-electron chi connectivity index (χ4n) is 3.96. The van der Waals surface area contributed by atoms with Crippen molar-refractivity contribution in [3.8, 4) is 11.5 Å². The Labute approximate surface area is 167 Å². The third-order valence-electron chi connectivity index (χ3n) is 5.48. The molecule has 0 saturated carbocycles. The number of aryl methyl sites for hydroxylation is 2. The first-order valence-electron chi connectivity index (χ1n) is 9.88. The molecule has 0 heterocycles. The van der Waals surface area contributed by atoms with Crippen LogP contribution in [0.5, 0.6) is 11.5 Å². The lowest BCUT2D eigenvalue weighted by atomic mass is 9.81. The van der Waals surface area contributed by atoms with Crippen LogP contribution in [0.1, 0.15) is 47.6 Å². The van der Waals surface area contributed by atoms with Gasteiger partial charge in [-0.3, -0.25) is 0 Å². The molecule has 0 saturated heterocycles. The minimum Gasteiger partial charge on any atom is -0.508 e. The molecule has 0 aliphatic heterocycles. The van der Waals surface area contributed by atoms with Crippen LogP contribution >= 0.6 is 0 Å². The van der Waals surface area contributed by atoms with E-state index in [1.54, 1.807) is 12.1 Å². The summed E-state index contributed by atoms with van der Waals surface area (Å²) in [4.78, 5) is 2.33. The van der Waals surface area contributed by atoms with Crippen LogP contribution in [0.2, 0.25) is 0 Å². The molecule has 0 unspecified atom stereocenters. The second-order valence-electron chi connectivity index (χ2n) is 7.28. The Kier molecular flexibility index (Phi) is 5.93. The first-order chi connectivity index (χ1) is 13.4. The van der Waals surface area contributed by atoms with Crippen LogP contribution in [-0.4, -0.2) is 23.3 Å². The Morgan fingerprint density at radius 3 is 1.57 bits per heavy atom. The molecule has 0 aromatic heterocycles. The zero-order valence-electron chi connectivity index (χ0n) is 17.1. The minimum absolute atomic E-state index is 0.0342. The summed E-state index contributed by atoms with van der Waals surface area (Å²) in [6.07, 6.45) is 0. The Morgan fingerprint density at radius 1 is 0.714 bits per heavy atom. The third kappa shape index (κ3) is 3.99. The molecular weight excluding hydrogens is 346 g/mol. The summed E-state index contributed by atoms with van der Waals surface area (Å²) >= 11 is 0. The van der Waals surface area contributed by atoms with Crippen LogP contribution in [0, 0.1) is 13.8 Å². The molecule has 3 rings (SSSR count). The van der Waals surface area contributed by atoms with Gasteiger partial charge >= 0.3 is 0 Å². The highest BCUT2D eigenvalue weighted by Crippen LogP contribution is 2.38. The Hall–Kier alpha value is -2.94. The normalized spacial score (nSPS) is 11.0. The summed E-state index contributed by atoms with van der Waals surface area (Å²) < 4.78 is 0. The van der Waals surface area contributed by atoms with Gasteiger partial charge in [-0.25, -0.2) is 0 Å². The van der Waals surface area contributed by atoms with Crippen molar-refractivity contribution in [2.75, 3.05) is 18.0 Å². The number of benzene rings is 3. The minimum atomic E-state index is 0.0342. The maximum atomic E-state index is 9.86. The summed E-state index contributed by atoms with van der Waals surface area (Å²) in [6.45, 7) is 10.4. The highest BCUT2D eigenvalue weighted by Gasteiger charge is 2.21. The molecule has 0 spiro atoms. The molecular formula is C25H29NO2. The molecule has 3 nitrogen and oxygen atoms in total. The van der Waals surface area contributed by atoms with Gasteiger partial charge in [0.25, 0.3) is 0 Å². The van der Waals surface area contributed by atoms with E-state index in [1.807, 2.05) is 38.1 Å². The van der Waals surface area contributed by atoms with Gasteiger partial charge in [-0.05, 0) is 91.9 Å². The Bertz CT molecular complexity index is 892. The molecule has 0 fully saturated rings. The summed E-state index contributed by atoms with van der Waals surface area (Å²) in [5.74, 6) is 0.588. The zero-order valence-corrected chi connectivity index (χ0v) is 17.1. The molecule has 146 valence electrons. The van der Waals surface area contributed by atoms with Gasteiger partial charge in [0, 0.05) is 24.7 Å². The highest BCUT2D eigenvalue weighted by molar-refractivity contribution is 5.54. The van der Waals surface area contributed by atoms with E-state index in [2.05, 4.69) is 43.0 Å². The average molecular weight is 376 g/mol. The van der Waals surface area contributed by atoms with E-state index in [-0.39, 0.29) is 17.4 Å². The van der Waals surface area contributed by atoms with Gasteiger partial charge in [0.1, 0.15) is 11.5 Å².